The Kier molecular flexibility index (Phi) is 3.05. The Morgan fingerprint density at radius 3 is 3.00 bits per heavy atom. The molecule has 0 saturated carbocycles. The van der Waals surface area contributed by atoms with E-state index in [1.807, 2.05) is 0 Å². The molecule has 0 aliphatic carbocycles. The lowest BCUT2D eigenvalue weighted by Crippen LogP contribution is -2.00. The lowest BCUT2D eigenvalue weighted by molar-refractivity contribution is 0.0699. The summed E-state index contributed by atoms with van der Waals surface area (Å²) in [6.45, 7) is 3.92. The van der Waals surface area contributed by atoms with Crippen LogP contribution >= 0.6 is 0 Å². The molecular formula is C13H11NO3. The summed E-state index contributed by atoms with van der Waals surface area (Å²) in [6.07, 6.45) is 3.23. The summed E-state index contributed by atoms with van der Waals surface area (Å²) >= 11 is 0. The molecule has 0 atom stereocenters. The molecule has 1 aromatic carbocycles. The Bertz CT molecular complexity index is 578. The predicted octanol–water partition coefficient (Wildman–Crippen LogP) is 2.50. The second kappa shape index (κ2) is 4.65. The van der Waals surface area contributed by atoms with E-state index in [1.54, 1.807) is 30.5 Å². The summed E-state index contributed by atoms with van der Waals surface area (Å²) in [4.78, 5) is 15.2. The normalized spacial score (nSPS) is 10.1. The third-order valence-electron chi connectivity index (χ3n) is 2.32. The number of hydrogen-bond acceptors (Lipinski definition) is 3. The predicted molar refractivity (Wildman–Crippen MR) is 64.4 cm³/mol. The van der Waals surface area contributed by atoms with Gasteiger partial charge < -0.3 is 9.84 Å². The first kappa shape index (κ1) is 11.1. The number of benzene rings is 1. The van der Waals surface area contributed by atoms with Crippen LogP contribution in [0.3, 0.4) is 0 Å². The number of carboxylic acid groups (broad SMARTS) is 1. The number of hydrogen-bond donors (Lipinski definition) is 1. The van der Waals surface area contributed by atoms with Crippen LogP contribution in [0.1, 0.15) is 10.4 Å². The van der Waals surface area contributed by atoms with Crippen LogP contribution in [-0.2, 0) is 0 Å². The van der Waals surface area contributed by atoms with Crippen molar-refractivity contribution in [3.63, 3.8) is 0 Å². The fourth-order valence-electron chi connectivity index (χ4n) is 1.60. The highest BCUT2D eigenvalue weighted by molar-refractivity contribution is 6.04. The number of aromatic carboxylic acids is 1. The van der Waals surface area contributed by atoms with Gasteiger partial charge in [0.05, 0.1) is 5.56 Å². The molecule has 1 N–H and O–H groups in total. The van der Waals surface area contributed by atoms with E-state index < -0.39 is 5.97 Å². The number of pyridine rings is 1. The number of fused-ring (bicyclic) bond motifs is 1. The molecule has 1 heterocycles. The molecule has 1 aromatic heterocycles. The summed E-state index contributed by atoms with van der Waals surface area (Å²) in [7, 11) is 0. The average molecular weight is 229 g/mol. The van der Waals surface area contributed by atoms with E-state index in [9.17, 15) is 4.79 Å². The molecule has 0 spiro atoms. The van der Waals surface area contributed by atoms with E-state index in [1.165, 1.54) is 6.07 Å². The lowest BCUT2D eigenvalue weighted by Gasteiger charge is -2.08. The van der Waals surface area contributed by atoms with Gasteiger partial charge in [0.25, 0.3) is 0 Å². The van der Waals surface area contributed by atoms with Gasteiger partial charge in [-0.15, -0.1) is 0 Å². The third kappa shape index (κ3) is 2.10. The molecule has 2 aromatic rings. The second-order valence-corrected chi connectivity index (χ2v) is 3.42. The van der Waals surface area contributed by atoms with Crippen molar-refractivity contribution >= 4 is 16.9 Å². The van der Waals surface area contributed by atoms with Crippen LogP contribution in [0.5, 0.6) is 5.75 Å². The van der Waals surface area contributed by atoms with Gasteiger partial charge >= 0.3 is 5.97 Å². The van der Waals surface area contributed by atoms with Crippen molar-refractivity contribution in [2.45, 2.75) is 0 Å². The fraction of sp³-hybridized carbons (Fsp3) is 0.0769. The maximum Gasteiger partial charge on any atom is 0.336 e. The van der Waals surface area contributed by atoms with Crippen molar-refractivity contribution in [3.05, 3.63) is 48.7 Å². The van der Waals surface area contributed by atoms with Gasteiger partial charge in [0, 0.05) is 11.6 Å². The summed E-state index contributed by atoms with van der Waals surface area (Å²) in [5.41, 5.74) is 0.772. The largest absolute Gasteiger partial charge is 0.487 e. The van der Waals surface area contributed by atoms with Crippen LogP contribution in [0.4, 0.5) is 0 Å². The van der Waals surface area contributed by atoms with E-state index in [0.717, 1.165) is 0 Å². The first-order valence-electron chi connectivity index (χ1n) is 5.08. The molecule has 4 heteroatoms. The molecule has 0 saturated heterocycles. The Labute approximate surface area is 98.2 Å². The molecule has 0 radical (unpaired) electrons. The molecule has 4 nitrogen and oxygen atoms in total. The Balaban J connectivity index is 2.61. The zero-order valence-electron chi connectivity index (χ0n) is 9.09. The highest BCUT2D eigenvalue weighted by atomic mass is 16.5. The molecule has 0 aliphatic rings. The maximum atomic E-state index is 11.1. The topological polar surface area (TPSA) is 59.4 Å². The molecule has 0 fully saturated rings. The van der Waals surface area contributed by atoms with Gasteiger partial charge in [-0.3, -0.25) is 4.98 Å². The standard InChI is InChI=1S/C13H11NO3/c1-2-8-17-11-6-5-10(13(15)16)9-4-3-7-14-12(9)11/h2-7H,1,8H2,(H,15,16). The van der Waals surface area contributed by atoms with Crippen molar-refractivity contribution in [3.8, 4) is 5.75 Å². The second-order valence-electron chi connectivity index (χ2n) is 3.42. The number of aromatic nitrogens is 1. The summed E-state index contributed by atoms with van der Waals surface area (Å²) in [6, 6.07) is 6.55. The van der Waals surface area contributed by atoms with Crippen LogP contribution in [0.25, 0.3) is 10.9 Å². The summed E-state index contributed by atoms with van der Waals surface area (Å²) < 4.78 is 5.43. The SMILES string of the molecule is C=CCOc1ccc(C(=O)O)c2cccnc12. The van der Waals surface area contributed by atoms with Gasteiger partial charge in [0.15, 0.2) is 0 Å². The van der Waals surface area contributed by atoms with Crippen molar-refractivity contribution in [1.82, 2.24) is 4.98 Å². The van der Waals surface area contributed by atoms with Crippen LogP contribution in [-0.4, -0.2) is 22.7 Å². The maximum absolute atomic E-state index is 11.1. The number of ether oxygens (including phenoxy) is 1. The van der Waals surface area contributed by atoms with Crippen molar-refractivity contribution in [2.24, 2.45) is 0 Å². The lowest BCUT2D eigenvalue weighted by atomic mass is 10.1. The van der Waals surface area contributed by atoms with E-state index in [-0.39, 0.29) is 5.56 Å². The van der Waals surface area contributed by atoms with Gasteiger partial charge in [-0.05, 0) is 18.2 Å². The molecule has 2 rings (SSSR count). The molecule has 0 aliphatic heterocycles. The minimum absolute atomic E-state index is 0.221. The zero-order valence-corrected chi connectivity index (χ0v) is 9.09. The van der Waals surface area contributed by atoms with Crippen molar-refractivity contribution < 1.29 is 14.6 Å². The van der Waals surface area contributed by atoms with E-state index >= 15 is 0 Å². The minimum Gasteiger partial charge on any atom is -0.487 e. The Hall–Kier alpha value is -2.36. The van der Waals surface area contributed by atoms with E-state index in [0.29, 0.717) is 23.3 Å². The Morgan fingerprint density at radius 2 is 2.29 bits per heavy atom. The zero-order chi connectivity index (χ0) is 12.3. The Morgan fingerprint density at radius 1 is 1.47 bits per heavy atom. The first-order valence-corrected chi connectivity index (χ1v) is 5.08. The highest BCUT2D eigenvalue weighted by Crippen LogP contribution is 2.26. The molecule has 0 unspecified atom stereocenters. The van der Waals surface area contributed by atoms with Crippen molar-refractivity contribution in [2.75, 3.05) is 6.61 Å². The van der Waals surface area contributed by atoms with Gasteiger partial charge in [-0.1, -0.05) is 18.7 Å². The minimum atomic E-state index is -0.974. The number of nitrogens with zero attached hydrogens (tertiary/aromatic N) is 1. The third-order valence-corrected chi connectivity index (χ3v) is 2.32. The van der Waals surface area contributed by atoms with Gasteiger partial charge in [0.1, 0.15) is 17.9 Å². The smallest absolute Gasteiger partial charge is 0.336 e. The molecule has 17 heavy (non-hydrogen) atoms. The van der Waals surface area contributed by atoms with Crippen LogP contribution in [0, 0.1) is 0 Å². The molecule has 86 valence electrons. The first-order chi connectivity index (χ1) is 8.24. The summed E-state index contributed by atoms with van der Waals surface area (Å²) in [5, 5.41) is 9.64. The average Bonchev–Trinajstić information content (AvgIpc) is 2.35. The van der Waals surface area contributed by atoms with Gasteiger partial charge in [0.2, 0.25) is 0 Å². The van der Waals surface area contributed by atoms with Crippen LogP contribution < -0.4 is 4.74 Å². The van der Waals surface area contributed by atoms with Crippen molar-refractivity contribution in [1.29, 1.82) is 0 Å². The van der Waals surface area contributed by atoms with Gasteiger partial charge in [-0.25, -0.2) is 4.79 Å². The molecular weight excluding hydrogens is 218 g/mol. The van der Waals surface area contributed by atoms with Crippen LogP contribution in [0.2, 0.25) is 0 Å². The summed E-state index contributed by atoms with van der Waals surface area (Å²) in [5.74, 6) is -0.413. The molecule has 0 amide bonds. The highest BCUT2D eigenvalue weighted by Gasteiger charge is 2.12. The fourth-order valence-corrected chi connectivity index (χ4v) is 1.60. The van der Waals surface area contributed by atoms with E-state index in [2.05, 4.69) is 11.6 Å². The van der Waals surface area contributed by atoms with E-state index in [4.69, 9.17) is 9.84 Å². The van der Waals surface area contributed by atoms with Gasteiger partial charge in [-0.2, -0.15) is 0 Å². The van der Waals surface area contributed by atoms with Crippen LogP contribution in [0.15, 0.2) is 43.1 Å². The molecule has 0 bridgehead atoms. The number of rotatable bonds is 4. The monoisotopic (exact) mass is 229 g/mol. The number of carbonyl (C=O) groups is 1. The number of carboxylic acids is 1. The quantitative estimate of drug-likeness (QED) is 0.818.